The Bertz CT molecular complexity index is 236. The molecule has 1 aliphatic rings. The average molecular weight is 165 g/mol. The molecule has 1 N–H and O–H groups in total. The van der Waals surface area contributed by atoms with E-state index in [0.29, 0.717) is 0 Å². The first-order valence-electron chi connectivity index (χ1n) is 3.60. The fourth-order valence-electron chi connectivity index (χ4n) is 0.866. The highest BCUT2D eigenvalue weighted by atomic mass is 32.1. The van der Waals surface area contributed by atoms with Gasteiger partial charge in [-0.25, -0.2) is 0 Å². The van der Waals surface area contributed by atoms with Crippen molar-refractivity contribution >= 4 is 17.2 Å². The van der Waals surface area contributed by atoms with Gasteiger partial charge in [-0.15, -0.1) is 0 Å². The van der Waals surface area contributed by atoms with Crippen LogP contribution in [0.4, 0.5) is 0 Å². The van der Waals surface area contributed by atoms with Crippen molar-refractivity contribution in [1.82, 2.24) is 5.32 Å². The van der Waals surface area contributed by atoms with Gasteiger partial charge in [0, 0.05) is 5.70 Å². The van der Waals surface area contributed by atoms with Gasteiger partial charge < -0.3 is 5.32 Å². The second kappa shape index (κ2) is 4.09. The number of thiocarbonyl (C=S) groups is 1. The monoisotopic (exact) mass is 165 g/mol. The molecule has 0 amide bonds. The Morgan fingerprint density at radius 2 is 2.36 bits per heavy atom. The Labute approximate surface area is 72.5 Å². The first kappa shape index (κ1) is 8.21. The van der Waals surface area contributed by atoms with Crippen LogP contribution in [0.25, 0.3) is 0 Å². The topological polar surface area (TPSA) is 12.0 Å². The summed E-state index contributed by atoms with van der Waals surface area (Å²) in [5.74, 6) is 0. The van der Waals surface area contributed by atoms with E-state index in [0.717, 1.165) is 17.1 Å². The van der Waals surface area contributed by atoms with E-state index < -0.39 is 0 Å². The van der Waals surface area contributed by atoms with Crippen LogP contribution in [-0.4, -0.2) is 4.99 Å². The number of rotatable bonds is 1. The van der Waals surface area contributed by atoms with Crippen LogP contribution < -0.4 is 5.32 Å². The summed E-state index contributed by atoms with van der Waals surface area (Å²) in [6, 6.07) is 0. The maximum Gasteiger partial charge on any atom is 0.0765 e. The molecular formula is C9H11NS. The van der Waals surface area contributed by atoms with E-state index >= 15 is 0 Å². The van der Waals surface area contributed by atoms with Gasteiger partial charge >= 0.3 is 0 Å². The van der Waals surface area contributed by atoms with Crippen LogP contribution >= 0.6 is 12.2 Å². The Morgan fingerprint density at radius 3 is 3.09 bits per heavy atom. The predicted octanol–water partition coefficient (Wildman–Crippen LogP) is 2.32. The molecule has 0 fully saturated rings. The smallest absolute Gasteiger partial charge is 0.0765 e. The third-order valence-corrected chi connectivity index (χ3v) is 1.40. The van der Waals surface area contributed by atoms with Gasteiger partial charge in [0.2, 0.25) is 0 Å². The fraction of sp³-hybridized carbons (Fsp3) is 0.222. The number of hydrogen-bond acceptors (Lipinski definition) is 1. The van der Waals surface area contributed by atoms with E-state index in [1.165, 1.54) is 0 Å². The first-order valence-corrected chi connectivity index (χ1v) is 4.01. The fourth-order valence-corrected chi connectivity index (χ4v) is 0.984. The van der Waals surface area contributed by atoms with Crippen molar-refractivity contribution in [3.63, 3.8) is 0 Å². The lowest BCUT2D eigenvalue weighted by atomic mass is 10.3. The molecule has 0 bridgehead atoms. The standard InChI is InChI=1S/C9H11NS/c1-8(11)10-9-6-4-2-3-5-7-9/h2,4-7H,3H2,1H3,(H,10,11). The molecule has 0 saturated carbocycles. The van der Waals surface area contributed by atoms with E-state index in [9.17, 15) is 0 Å². The molecule has 0 aliphatic heterocycles. The zero-order valence-electron chi connectivity index (χ0n) is 6.50. The van der Waals surface area contributed by atoms with Gasteiger partial charge in [0.15, 0.2) is 0 Å². The maximum absolute atomic E-state index is 4.91. The molecule has 0 aromatic rings. The van der Waals surface area contributed by atoms with E-state index in [-0.39, 0.29) is 0 Å². The summed E-state index contributed by atoms with van der Waals surface area (Å²) in [6.45, 7) is 1.87. The highest BCUT2D eigenvalue weighted by molar-refractivity contribution is 7.80. The second-order valence-corrected chi connectivity index (χ2v) is 2.98. The molecule has 58 valence electrons. The third kappa shape index (κ3) is 3.14. The lowest BCUT2D eigenvalue weighted by molar-refractivity contribution is 1.19. The van der Waals surface area contributed by atoms with Gasteiger partial charge in [-0.3, -0.25) is 0 Å². The molecule has 1 aliphatic carbocycles. The molecule has 0 aromatic heterocycles. The predicted molar refractivity (Wildman–Crippen MR) is 52.4 cm³/mol. The summed E-state index contributed by atoms with van der Waals surface area (Å²) in [4.78, 5) is 0.802. The van der Waals surface area contributed by atoms with E-state index in [2.05, 4.69) is 17.5 Å². The van der Waals surface area contributed by atoms with Crippen molar-refractivity contribution in [2.75, 3.05) is 0 Å². The maximum atomic E-state index is 4.91. The van der Waals surface area contributed by atoms with Crippen LogP contribution in [0, 0.1) is 0 Å². The molecule has 1 rings (SSSR count). The van der Waals surface area contributed by atoms with E-state index in [4.69, 9.17) is 12.2 Å². The van der Waals surface area contributed by atoms with Crippen LogP contribution in [0.1, 0.15) is 13.3 Å². The lowest BCUT2D eigenvalue weighted by Gasteiger charge is -2.01. The van der Waals surface area contributed by atoms with Gasteiger partial charge in [0.05, 0.1) is 4.99 Å². The summed E-state index contributed by atoms with van der Waals surface area (Å²) < 4.78 is 0. The quantitative estimate of drug-likeness (QED) is 0.598. The Kier molecular flexibility index (Phi) is 3.05. The Balaban J connectivity index is 2.62. The lowest BCUT2D eigenvalue weighted by Crippen LogP contribution is -2.15. The number of allylic oxidation sites excluding steroid dienone is 5. The third-order valence-electron chi connectivity index (χ3n) is 1.30. The second-order valence-electron chi connectivity index (χ2n) is 2.37. The molecule has 2 heteroatoms. The average Bonchev–Trinajstić information content (AvgIpc) is 2.14. The van der Waals surface area contributed by atoms with E-state index in [1.54, 1.807) is 0 Å². The Morgan fingerprint density at radius 1 is 1.55 bits per heavy atom. The van der Waals surface area contributed by atoms with Crippen LogP contribution in [0.2, 0.25) is 0 Å². The van der Waals surface area contributed by atoms with Gasteiger partial charge in [-0.1, -0.05) is 30.4 Å². The van der Waals surface area contributed by atoms with Gasteiger partial charge in [-0.05, 0) is 25.5 Å². The van der Waals surface area contributed by atoms with Crippen LogP contribution in [-0.2, 0) is 0 Å². The van der Waals surface area contributed by atoms with Crippen LogP contribution in [0.3, 0.4) is 0 Å². The summed E-state index contributed by atoms with van der Waals surface area (Å²) in [5, 5.41) is 3.08. The van der Waals surface area contributed by atoms with Crippen molar-refractivity contribution in [2.45, 2.75) is 13.3 Å². The summed E-state index contributed by atoms with van der Waals surface area (Å²) in [6.07, 6.45) is 11.3. The zero-order chi connectivity index (χ0) is 8.10. The molecule has 1 nitrogen and oxygen atoms in total. The van der Waals surface area contributed by atoms with Crippen molar-refractivity contribution in [2.24, 2.45) is 0 Å². The van der Waals surface area contributed by atoms with Crippen molar-refractivity contribution in [3.8, 4) is 0 Å². The molecule has 0 saturated heterocycles. The minimum atomic E-state index is 0.802. The molecule has 11 heavy (non-hydrogen) atoms. The van der Waals surface area contributed by atoms with Gasteiger partial charge in [0.1, 0.15) is 0 Å². The molecule has 0 unspecified atom stereocenters. The highest BCUT2D eigenvalue weighted by Crippen LogP contribution is 2.00. The number of hydrogen-bond donors (Lipinski definition) is 1. The summed E-state index contributed by atoms with van der Waals surface area (Å²) in [7, 11) is 0. The molecular weight excluding hydrogens is 154 g/mol. The van der Waals surface area contributed by atoms with Crippen LogP contribution in [0.5, 0.6) is 0 Å². The molecule has 0 heterocycles. The normalized spacial score (nSPS) is 15.5. The number of nitrogens with one attached hydrogen (secondary N) is 1. The first-order chi connectivity index (χ1) is 5.29. The zero-order valence-corrected chi connectivity index (χ0v) is 7.32. The van der Waals surface area contributed by atoms with E-state index in [1.807, 2.05) is 25.2 Å². The summed E-state index contributed by atoms with van der Waals surface area (Å²) >= 11 is 4.91. The van der Waals surface area contributed by atoms with Crippen molar-refractivity contribution < 1.29 is 0 Å². The minimum absolute atomic E-state index is 0.802. The molecule has 0 aromatic carbocycles. The largest absolute Gasteiger partial charge is 0.350 e. The Hall–Kier alpha value is -0.890. The molecule has 0 atom stereocenters. The highest BCUT2D eigenvalue weighted by Gasteiger charge is 1.91. The summed E-state index contributed by atoms with van der Waals surface area (Å²) in [5.41, 5.74) is 1.06. The minimum Gasteiger partial charge on any atom is -0.350 e. The molecule has 0 radical (unpaired) electrons. The van der Waals surface area contributed by atoms with Gasteiger partial charge in [-0.2, -0.15) is 0 Å². The SMILES string of the molecule is CC(=S)NC1=CC=CCC=C1. The van der Waals surface area contributed by atoms with Gasteiger partial charge in [0.25, 0.3) is 0 Å². The molecule has 0 spiro atoms. The van der Waals surface area contributed by atoms with Crippen molar-refractivity contribution in [1.29, 1.82) is 0 Å². The van der Waals surface area contributed by atoms with Crippen LogP contribution in [0.15, 0.2) is 36.1 Å². The van der Waals surface area contributed by atoms with Crippen molar-refractivity contribution in [3.05, 3.63) is 36.1 Å².